The summed E-state index contributed by atoms with van der Waals surface area (Å²) in [5.41, 5.74) is 1.00. The summed E-state index contributed by atoms with van der Waals surface area (Å²) in [6, 6.07) is 8.15. The van der Waals surface area contributed by atoms with Gasteiger partial charge in [0, 0.05) is 19.2 Å². The van der Waals surface area contributed by atoms with Gasteiger partial charge in [-0.3, -0.25) is 4.90 Å². The van der Waals surface area contributed by atoms with Crippen LogP contribution in [0.1, 0.15) is 18.5 Å². The van der Waals surface area contributed by atoms with Gasteiger partial charge in [-0.2, -0.15) is 5.26 Å². The lowest BCUT2D eigenvalue weighted by atomic mass is 10.00. The smallest absolute Gasteiger partial charge is 0.213 e. The summed E-state index contributed by atoms with van der Waals surface area (Å²) in [4.78, 5) is 6.68. The molecule has 1 fully saturated rings. The summed E-state index contributed by atoms with van der Waals surface area (Å²) in [6.45, 7) is 2.71. The predicted octanol–water partition coefficient (Wildman–Crippen LogP) is 1.83. The van der Waals surface area contributed by atoms with Crippen LogP contribution in [0.5, 0.6) is 5.88 Å². The van der Waals surface area contributed by atoms with Crippen molar-refractivity contribution in [3.05, 3.63) is 23.9 Å². The molecule has 1 unspecified atom stereocenters. The number of piperidine rings is 1. The van der Waals surface area contributed by atoms with Crippen LogP contribution in [-0.2, 0) is 6.54 Å². The lowest BCUT2D eigenvalue weighted by Gasteiger charge is -2.29. The summed E-state index contributed by atoms with van der Waals surface area (Å²) in [5, 5.41) is 8.94. The molecule has 17 heavy (non-hydrogen) atoms. The van der Waals surface area contributed by atoms with Crippen LogP contribution in [0.3, 0.4) is 0 Å². The van der Waals surface area contributed by atoms with Crippen molar-refractivity contribution in [2.45, 2.75) is 19.4 Å². The van der Waals surface area contributed by atoms with E-state index in [2.05, 4.69) is 16.0 Å². The van der Waals surface area contributed by atoms with Crippen molar-refractivity contribution in [2.24, 2.45) is 5.92 Å². The van der Waals surface area contributed by atoms with E-state index in [0.29, 0.717) is 5.88 Å². The molecule has 1 saturated heterocycles. The van der Waals surface area contributed by atoms with Crippen molar-refractivity contribution < 1.29 is 4.74 Å². The van der Waals surface area contributed by atoms with Crippen molar-refractivity contribution in [2.75, 3.05) is 20.2 Å². The Morgan fingerprint density at radius 3 is 3.24 bits per heavy atom. The van der Waals surface area contributed by atoms with Crippen molar-refractivity contribution in [1.82, 2.24) is 9.88 Å². The Kier molecular flexibility index (Phi) is 3.94. The molecule has 0 radical (unpaired) electrons. The number of ether oxygens (including phenoxy) is 1. The normalized spacial score (nSPS) is 20.8. The van der Waals surface area contributed by atoms with Crippen LogP contribution in [0.15, 0.2) is 18.2 Å². The van der Waals surface area contributed by atoms with Crippen molar-refractivity contribution in [3.63, 3.8) is 0 Å². The first-order valence-corrected chi connectivity index (χ1v) is 5.93. The predicted molar refractivity (Wildman–Crippen MR) is 64.4 cm³/mol. The molecule has 1 aliphatic heterocycles. The van der Waals surface area contributed by atoms with E-state index < -0.39 is 0 Å². The maximum absolute atomic E-state index is 8.94. The standard InChI is InChI=1S/C13H17N3O/c1-17-13-6-2-5-12(15-13)10-16-7-3-4-11(8-14)9-16/h2,5-6,11H,3-4,7,9-10H2,1H3. The zero-order chi connectivity index (χ0) is 12.1. The van der Waals surface area contributed by atoms with Gasteiger partial charge < -0.3 is 4.74 Å². The Morgan fingerprint density at radius 1 is 1.59 bits per heavy atom. The Bertz CT molecular complexity index is 413. The molecule has 2 heterocycles. The Hall–Kier alpha value is -1.60. The summed E-state index contributed by atoms with van der Waals surface area (Å²) in [5.74, 6) is 0.825. The van der Waals surface area contributed by atoms with Gasteiger partial charge in [-0.25, -0.2) is 4.98 Å². The number of nitriles is 1. The van der Waals surface area contributed by atoms with Crippen LogP contribution in [0.25, 0.3) is 0 Å². The lowest BCUT2D eigenvalue weighted by Crippen LogP contribution is -2.34. The van der Waals surface area contributed by atoms with E-state index in [1.165, 1.54) is 0 Å². The zero-order valence-electron chi connectivity index (χ0n) is 10.1. The highest BCUT2D eigenvalue weighted by molar-refractivity contribution is 5.15. The first-order valence-electron chi connectivity index (χ1n) is 5.93. The molecule has 0 bridgehead atoms. The molecule has 0 amide bonds. The van der Waals surface area contributed by atoms with Gasteiger partial charge in [0.2, 0.25) is 5.88 Å². The fourth-order valence-electron chi connectivity index (χ4n) is 2.19. The molecule has 90 valence electrons. The second-order valence-corrected chi connectivity index (χ2v) is 4.37. The average molecular weight is 231 g/mol. The Morgan fingerprint density at radius 2 is 2.47 bits per heavy atom. The molecule has 2 rings (SSSR count). The van der Waals surface area contributed by atoms with E-state index in [-0.39, 0.29) is 5.92 Å². The van der Waals surface area contributed by atoms with Crippen LogP contribution in [0.4, 0.5) is 0 Å². The van der Waals surface area contributed by atoms with Crippen LogP contribution >= 0.6 is 0 Å². The Balaban J connectivity index is 1.98. The molecule has 4 nitrogen and oxygen atoms in total. The molecule has 0 aliphatic carbocycles. The van der Waals surface area contributed by atoms with Gasteiger partial charge in [0.05, 0.1) is 24.8 Å². The van der Waals surface area contributed by atoms with E-state index in [4.69, 9.17) is 10.00 Å². The summed E-state index contributed by atoms with van der Waals surface area (Å²) in [7, 11) is 1.62. The van der Waals surface area contributed by atoms with Gasteiger partial charge >= 0.3 is 0 Å². The van der Waals surface area contributed by atoms with Gasteiger partial charge in [0.25, 0.3) is 0 Å². The van der Waals surface area contributed by atoms with Gasteiger partial charge in [0.1, 0.15) is 0 Å². The third-order valence-electron chi connectivity index (χ3n) is 3.06. The largest absolute Gasteiger partial charge is 0.481 e. The summed E-state index contributed by atoms with van der Waals surface area (Å²) >= 11 is 0. The minimum absolute atomic E-state index is 0.175. The van der Waals surface area contributed by atoms with Gasteiger partial charge in [-0.05, 0) is 25.5 Å². The number of methoxy groups -OCH3 is 1. The van der Waals surface area contributed by atoms with Crippen molar-refractivity contribution in [3.8, 4) is 11.9 Å². The first kappa shape index (κ1) is 11.9. The maximum Gasteiger partial charge on any atom is 0.213 e. The van der Waals surface area contributed by atoms with Crippen LogP contribution < -0.4 is 4.74 Å². The minimum Gasteiger partial charge on any atom is -0.481 e. The number of hydrogen-bond acceptors (Lipinski definition) is 4. The van der Waals surface area contributed by atoms with Crippen LogP contribution in [0, 0.1) is 17.2 Å². The quantitative estimate of drug-likeness (QED) is 0.796. The second-order valence-electron chi connectivity index (χ2n) is 4.37. The maximum atomic E-state index is 8.94. The van der Waals surface area contributed by atoms with E-state index in [9.17, 15) is 0 Å². The molecule has 1 aromatic heterocycles. The molecule has 1 aliphatic rings. The van der Waals surface area contributed by atoms with E-state index >= 15 is 0 Å². The summed E-state index contributed by atoms with van der Waals surface area (Å²) in [6.07, 6.45) is 2.13. The second kappa shape index (κ2) is 5.65. The molecule has 4 heteroatoms. The molecule has 1 atom stereocenters. The van der Waals surface area contributed by atoms with E-state index in [0.717, 1.165) is 38.2 Å². The van der Waals surface area contributed by atoms with E-state index in [1.54, 1.807) is 7.11 Å². The number of hydrogen-bond donors (Lipinski definition) is 0. The number of aromatic nitrogens is 1. The number of rotatable bonds is 3. The lowest BCUT2D eigenvalue weighted by molar-refractivity contribution is 0.189. The summed E-state index contributed by atoms with van der Waals surface area (Å²) < 4.78 is 5.10. The van der Waals surface area contributed by atoms with Gasteiger partial charge in [0.15, 0.2) is 0 Å². The number of nitrogens with zero attached hydrogens (tertiary/aromatic N) is 3. The van der Waals surface area contributed by atoms with Crippen LogP contribution in [-0.4, -0.2) is 30.1 Å². The molecule has 0 saturated carbocycles. The molecule has 0 spiro atoms. The third kappa shape index (κ3) is 3.18. The van der Waals surface area contributed by atoms with Crippen LogP contribution in [0.2, 0.25) is 0 Å². The number of pyridine rings is 1. The molecule has 0 N–H and O–H groups in total. The van der Waals surface area contributed by atoms with Gasteiger partial charge in [-0.15, -0.1) is 0 Å². The molecule has 1 aromatic rings. The van der Waals surface area contributed by atoms with E-state index in [1.807, 2.05) is 18.2 Å². The molecule has 0 aromatic carbocycles. The third-order valence-corrected chi connectivity index (χ3v) is 3.06. The van der Waals surface area contributed by atoms with Crippen molar-refractivity contribution >= 4 is 0 Å². The highest BCUT2D eigenvalue weighted by atomic mass is 16.5. The Labute approximate surface area is 102 Å². The highest BCUT2D eigenvalue weighted by Gasteiger charge is 2.19. The number of likely N-dealkylation sites (tertiary alicyclic amines) is 1. The molecular formula is C13H17N3O. The fourth-order valence-corrected chi connectivity index (χ4v) is 2.19. The topological polar surface area (TPSA) is 49.1 Å². The zero-order valence-corrected chi connectivity index (χ0v) is 10.1. The average Bonchev–Trinajstić information content (AvgIpc) is 2.39. The SMILES string of the molecule is COc1cccc(CN2CCCC(C#N)C2)n1. The molecular weight excluding hydrogens is 214 g/mol. The first-order chi connectivity index (χ1) is 8.31. The fraction of sp³-hybridized carbons (Fsp3) is 0.538. The monoisotopic (exact) mass is 231 g/mol. The van der Waals surface area contributed by atoms with Crippen molar-refractivity contribution in [1.29, 1.82) is 5.26 Å². The minimum atomic E-state index is 0.175. The highest BCUT2D eigenvalue weighted by Crippen LogP contribution is 2.18. The van der Waals surface area contributed by atoms with Gasteiger partial charge in [-0.1, -0.05) is 6.07 Å².